The van der Waals surface area contributed by atoms with Crippen molar-refractivity contribution in [3.63, 3.8) is 0 Å². The second-order valence-corrected chi connectivity index (χ2v) is 6.20. The first-order valence-electron chi connectivity index (χ1n) is 5.66. The molecule has 0 saturated carbocycles. The molecule has 4 heteroatoms. The summed E-state index contributed by atoms with van der Waals surface area (Å²) in [5.74, 6) is -0.445. The predicted molar refractivity (Wildman–Crippen MR) is 73.9 cm³/mol. The van der Waals surface area contributed by atoms with Crippen LogP contribution in [0.2, 0.25) is 5.02 Å². The number of hydrogen-bond acceptors (Lipinski definition) is 2. The molecule has 0 aliphatic rings. The summed E-state index contributed by atoms with van der Waals surface area (Å²) in [6, 6.07) is 6.62. The first-order chi connectivity index (χ1) is 8.47. The summed E-state index contributed by atoms with van der Waals surface area (Å²) >= 11 is 7.29. The standard InChI is InChI=1S/C14H14ClFOS/c1-8-5-11(9(2)18-8)14(17)7-10-3-4-12(15)13(16)6-10/h3-6,14,17H,7H2,1-2H3. The third-order valence-electron chi connectivity index (χ3n) is 2.85. The van der Waals surface area contributed by atoms with Crippen molar-refractivity contribution in [3.8, 4) is 0 Å². The average Bonchev–Trinajstić information content (AvgIpc) is 2.63. The minimum atomic E-state index is -0.601. The van der Waals surface area contributed by atoms with Crippen LogP contribution in [-0.4, -0.2) is 5.11 Å². The van der Waals surface area contributed by atoms with Crippen LogP contribution in [0.15, 0.2) is 24.3 Å². The largest absolute Gasteiger partial charge is 0.388 e. The average molecular weight is 285 g/mol. The molecule has 1 aromatic heterocycles. The zero-order valence-corrected chi connectivity index (χ0v) is 11.8. The van der Waals surface area contributed by atoms with Gasteiger partial charge in [-0.2, -0.15) is 0 Å². The van der Waals surface area contributed by atoms with Crippen LogP contribution in [0.25, 0.3) is 0 Å². The Morgan fingerprint density at radius 3 is 2.61 bits per heavy atom. The van der Waals surface area contributed by atoms with Gasteiger partial charge in [-0.1, -0.05) is 17.7 Å². The summed E-state index contributed by atoms with van der Waals surface area (Å²) in [5.41, 5.74) is 1.67. The summed E-state index contributed by atoms with van der Waals surface area (Å²) in [4.78, 5) is 2.28. The quantitative estimate of drug-likeness (QED) is 0.884. The SMILES string of the molecule is Cc1cc(C(O)Cc2ccc(Cl)c(F)c2)c(C)s1. The van der Waals surface area contributed by atoms with E-state index in [4.69, 9.17) is 11.6 Å². The van der Waals surface area contributed by atoms with Crippen molar-refractivity contribution in [1.82, 2.24) is 0 Å². The Kier molecular flexibility index (Phi) is 4.05. The predicted octanol–water partition coefficient (Wildman–Crippen LogP) is 4.43. The Morgan fingerprint density at radius 2 is 2.06 bits per heavy atom. The van der Waals surface area contributed by atoms with E-state index in [9.17, 15) is 9.50 Å². The maximum Gasteiger partial charge on any atom is 0.142 e. The zero-order chi connectivity index (χ0) is 13.3. The number of hydrogen-bond donors (Lipinski definition) is 1. The van der Waals surface area contributed by atoms with Crippen LogP contribution in [0.1, 0.15) is 27.0 Å². The molecule has 0 bridgehead atoms. The zero-order valence-electron chi connectivity index (χ0n) is 10.2. The van der Waals surface area contributed by atoms with Crippen molar-refractivity contribution in [2.45, 2.75) is 26.4 Å². The summed E-state index contributed by atoms with van der Waals surface area (Å²) in [5, 5.41) is 10.3. The number of rotatable bonds is 3. The molecule has 1 atom stereocenters. The fraction of sp³-hybridized carbons (Fsp3) is 0.286. The first-order valence-corrected chi connectivity index (χ1v) is 6.85. The highest BCUT2D eigenvalue weighted by atomic mass is 35.5. The van der Waals surface area contributed by atoms with E-state index in [0.717, 1.165) is 16.0 Å². The van der Waals surface area contributed by atoms with Crippen molar-refractivity contribution >= 4 is 22.9 Å². The topological polar surface area (TPSA) is 20.2 Å². The van der Waals surface area contributed by atoms with E-state index >= 15 is 0 Å². The van der Waals surface area contributed by atoms with Gasteiger partial charge < -0.3 is 5.11 Å². The number of aliphatic hydroxyl groups excluding tert-OH is 1. The highest BCUT2D eigenvalue weighted by Gasteiger charge is 2.14. The summed E-state index contributed by atoms with van der Waals surface area (Å²) < 4.78 is 13.3. The maximum atomic E-state index is 13.3. The molecule has 0 fully saturated rings. The lowest BCUT2D eigenvalue weighted by Crippen LogP contribution is -2.02. The second kappa shape index (κ2) is 5.39. The fourth-order valence-corrected chi connectivity index (χ4v) is 3.08. The van der Waals surface area contributed by atoms with Crippen molar-refractivity contribution in [2.75, 3.05) is 0 Å². The van der Waals surface area contributed by atoms with Gasteiger partial charge in [0.2, 0.25) is 0 Å². The molecule has 1 aromatic carbocycles. The molecule has 0 saturated heterocycles. The lowest BCUT2D eigenvalue weighted by atomic mass is 10.0. The third kappa shape index (κ3) is 2.91. The number of aliphatic hydroxyl groups is 1. The van der Waals surface area contributed by atoms with Crippen molar-refractivity contribution in [1.29, 1.82) is 0 Å². The van der Waals surface area contributed by atoms with Crippen LogP contribution in [0.4, 0.5) is 4.39 Å². The Morgan fingerprint density at radius 1 is 1.33 bits per heavy atom. The molecule has 1 unspecified atom stereocenters. The smallest absolute Gasteiger partial charge is 0.142 e. The number of benzene rings is 1. The highest BCUT2D eigenvalue weighted by molar-refractivity contribution is 7.12. The maximum absolute atomic E-state index is 13.3. The van der Waals surface area contributed by atoms with E-state index < -0.39 is 11.9 Å². The van der Waals surface area contributed by atoms with Crippen LogP contribution in [-0.2, 0) is 6.42 Å². The Bertz CT molecular complexity index is 565. The van der Waals surface area contributed by atoms with Gasteiger partial charge in [0, 0.05) is 16.2 Å². The summed E-state index contributed by atoms with van der Waals surface area (Å²) in [6.07, 6.45) is -0.207. The van der Waals surface area contributed by atoms with Crippen LogP contribution in [0.3, 0.4) is 0 Å². The summed E-state index contributed by atoms with van der Waals surface area (Å²) in [6.45, 7) is 3.99. The highest BCUT2D eigenvalue weighted by Crippen LogP contribution is 2.29. The van der Waals surface area contributed by atoms with Gasteiger partial charge in [0.1, 0.15) is 5.82 Å². The Balaban J connectivity index is 2.18. The van der Waals surface area contributed by atoms with Gasteiger partial charge in [-0.15, -0.1) is 11.3 Å². The van der Waals surface area contributed by atoms with E-state index in [1.807, 2.05) is 19.9 Å². The molecule has 0 spiro atoms. The fourth-order valence-electron chi connectivity index (χ4n) is 1.98. The minimum Gasteiger partial charge on any atom is -0.388 e. The van der Waals surface area contributed by atoms with E-state index in [1.54, 1.807) is 17.4 Å². The van der Waals surface area contributed by atoms with E-state index in [2.05, 4.69) is 0 Å². The van der Waals surface area contributed by atoms with Crippen LogP contribution in [0.5, 0.6) is 0 Å². The van der Waals surface area contributed by atoms with E-state index in [-0.39, 0.29) is 5.02 Å². The molecular formula is C14H14ClFOS. The molecule has 1 heterocycles. The lowest BCUT2D eigenvalue weighted by Gasteiger charge is -2.11. The van der Waals surface area contributed by atoms with E-state index in [1.165, 1.54) is 17.0 Å². The van der Waals surface area contributed by atoms with Gasteiger partial charge in [0.05, 0.1) is 11.1 Å². The van der Waals surface area contributed by atoms with Crippen molar-refractivity contribution < 1.29 is 9.50 Å². The third-order valence-corrected chi connectivity index (χ3v) is 4.14. The first kappa shape index (κ1) is 13.5. The molecular weight excluding hydrogens is 271 g/mol. The van der Waals surface area contributed by atoms with Crippen LogP contribution >= 0.6 is 22.9 Å². The number of halogens is 2. The molecule has 18 heavy (non-hydrogen) atoms. The Hall–Kier alpha value is -0.900. The van der Waals surface area contributed by atoms with Crippen LogP contribution in [0, 0.1) is 19.7 Å². The summed E-state index contributed by atoms with van der Waals surface area (Å²) in [7, 11) is 0. The van der Waals surface area contributed by atoms with Gasteiger partial charge >= 0.3 is 0 Å². The Labute approximate surface area is 115 Å². The normalized spacial score (nSPS) is 12.7. The van der Waals surface area contributed by atoms with Crippen LogP contribution < -0.4 is 0 Å². The molecule has 96 valence electrons. The monoisotopic (exact) mass is 284 g/mol. The van der Waals surface area contributed by atoms with Gasteiger partial charge in [-0.3, -0.25) is 0 Å². The van der Waals surface area contributed by atoms with Gasteiger partial charge in [-0.25, -0.2) is 4.39 Å². The molecule has 0 aliphatic heterocycles. The van der Waals surface area contributed by atoms with Gasteiger partial charge in [0.25, 0.3) is 0 Å². The molecule has 2 aromatic rings. The number of aryl methyl sites for hydroxylation is 2. The second-order valence-electron chi connectivity index (χ2n) is 4.34. The van der Waals surface area contributed by atoms with Gasteiger partial charge in [0.15, 0.2) is 0 Å². The molecule has 1 N–H and O–H groups in total. The molecule has 0 amide bonds. The van der Waals surface area contributed by atoms with Crippen molar-refractivity contribution in [2.24, 2.45) is 0 Å². The van der Waals surface area contributed by atoms with E-state index in [0.29, 0.717) is 6.42 Å². The molecule has 0 radical (unpaired) electrons. The minimum absolute atomic E-state index is 0.107. The number of thiophene rings is 1. The molecule has 1 nitrogen and oxygen atoms in total. The lowest BCUT2D eigenvalue weighted by molar-refractivity contribution is 0.178. The van der Waals surface area contributed by atoms with Gasteiger partial charge in [-0.05, 0) is 43.2 Å². The van der Waals surface area contributed by atoms with Crippen molar-refractivity contribution in [3.05, 3.63) is 56.0 Å². The molecule has 0 aliphatic carbocycles. The molecule has 2 rings (SSSR count).